The molecule has 1 saturated heterocycles. The second-order valence-corrected chi connectivity index (χ2v) is 18.5. The maximum absolute atomic E-state index is 15.3. The van der Waals surface area contributed by atoms with Gasteiger partial charge in [0.1, 0.15) is 46.4 Å². The Balaban J connectivity index is 1.42. The van der Waals surface area contributed by atoms with Gasteiger partial charge in [-0.25, -0.2) is 31.4 Å². The van der Waals surface area contributed by atoms with Crippen molar-refractivity contribution >= 4 is 44.6 Å². The number of carboxylic acid groups (broad SMARTS) is 1. The van der Waals surface area contributed by atoms with Crippen LogP contribution in [0.4, 0.5) is 18.0 Å². The number of nitrogens with one attached hydrogen (secondary N) is 2. The highest BCUT2D eigenvalue weighted by atomic mass is 32.2. The summed E-state index contributed by atoms with van der Waals surface area (Å²) in [6, 6.07) is 3.48. The third kappa shape index (κ3) is 7.90. The topological polar surface area (TPSA) is 194 Å². The summed E-state index contributed by atoms with van der Waals surface area (Å²) < 4.78 is 88.9. The molecule has 0 spiro atoms. The van der Waals surface area contributed by atoms with Gasteiger partial charge in [-0.3, -0.25) is 24.0 Å². The van der Waals surface area contributed by atoms with Gasteiger partial charge in [0.2, 0.25) is 27.7 Å². The van der Waals surface area contributed by atoms with Gasteiger partial charge in [-0.2, -0.15) is 0 Å². The summed E-state index contributed by atoms with van der Waals surface area (Å²) in [5.74, 6) is -6.69. The zero-order valence-electron chi connectivity index (χ0n) is 33.2. The van der Waals surface area contributed by atoms with Crippen LogP contribution in [0.25, 0.3) is 10.8 Å². The Morgan fingerprint density at radius 2 is 1.88 bits per heavy atom. The summed E-state index contributed by atoms with van der Waals surface area (Å²) >= 11 is 0. The van der Waals surface area contributed by atoms with Crippen molar-refractivity contribution in [3.63, 3.8) is 0 Å². The largest absolute Gasteiger partial charge is 0.497 e. The Morgan fingerprint density at radius 1 is 1.17 bits per heavy atom. The fourth-order valence-electron chi connectivity index (χ4n) is 7.81. The molecule has 1 aromatic carbocycles. The molecule has 4 amide bonds. The first-order valence-electron chi connectivity index (χ1n) is 19.2. The van der Waals surface area contributed by atoms with Crippen LogP contribution in [0.2, 0.25) is 0 Å². The van der Waals surface area contributed by atoms with Crippen molar-refractivity contribution in [2.24, 2.45) is 5.92 Å². The minimum Gasteiger partial charge on any atom is -0.497 e. The number of carbonyl (C=O) groups excluding carboxylic acids is 3. The number of carbonyl (C=O) groups is 4. The summed E-state index contributed by atoms with van der Waals surface area (Å²) in [4.78, 5) is 62.2. The lowest BCUT2D eigenvalue weighted by molar-refractivity contribution is -0.164. The van der Waals surface area contributed by atoms with E-state index >= 15 is 8.78 Å². The quantitative estimate of drug-likeness (QED) is 0.289. The molecule has 3 heterocycles. The molecule has 2 aliphatic carbocycles. The van der Waals surface area contributed by atoms with Gasteiger partial charge in [0.15, 0.2) is 0 Å². The van der Waals surface area contributed by atoms with E-state index in [9.17, 15) is 37.1 Å². The number of hydrogen-bond acceptors (Lipinski definition) is 10. The third-order valence-electron chi connectivity index (χ3n) is 12.1. The molecule has 6 rings (SSSR count). The Bertz CT molecular complexity index is 2090. The van der Waals surface area contributed by atoms with E-state index < -0.39 is 98.6 Å². The number of aromatic nitrogens is 1. The zero-order valence-corrected chi connectivity index (χ0v) is 34.0. The zero-order chi connectivity index (χ0) is 42.6. The lowest BCUT2D eigenvalue weighted by atomic mass is 9.91. The molecule has 4 aliphatic rings. The molecule has 0 unspecified atom stereocenters. The van der Waals surface area contributed by atoms with E-state index in [0.717, 1.165) is 18.7 Å². The van der Waals surface area contributed by atoms with E-state index in [1.165, 1.54) is 20.2 Å². The van der Waals surface area contributed by atoms with Crippen LogP contribution in [0, 0.1) is 5.92 Å². The minimum absolute atomic E-state index is 0.0163. The number of halogens is 3. The molecule has 19 heteroatoms. The number of hydrogen-bond donors (Lipinski definition) is 3. The highest BCUT2D eigenvalue weighted by Gasteiger charge is 2.64. The Hall–Kier alpha value is -4.65. The Labute approximate surface area is 334 Å². The number of alkyl halides is 3. The Morgan fingerprint density at radius 3 is 2.50 bits per heavy atom. The van der Waals surface area contributed by atoms with Crippen LogP contribution in [0.1, 0.15) is 73.1 Å². The summed E-state index contributed by atoms with van der Waals surface area (Å²) in [5.41, 5.74) is -4.29. The fraction of sp³-hybridized carbons (Fsp3) is 0.615. The van der Waals surface area contributed by atoms with Crippen molar-refractivity contribution in [3.05, 3.63) is 42.6 Å². The number of amides is 4. The van der Waals surface area contributed by atoms with Gasteiger partial charge in [0, 0.05) is 30.8 Å². The second-order valence-electron chi connectivity index (χ2n) is 16.4. The molecule has 3 N–H and O–H groups in total. The van der Waals surface area contributed by atoms with Gasteiger partial charge in [-0.05, 0) is 89.5 Å². The molecule has 7 atom stereocenters. The summed E-state index contributed by atoms with van der Waals surface area (Å²) in [6.07, 6.45) is 0.562. The first kappa shape index (κ1) is 42.9. The first-order chi connectivity index (χ1) is 27.1. The standard InChI is InChI=1S/C39H50F3N5O10S/c1-22-9-7-8-10-25-19-39(25,34(50)45-58(53,54)38(21-40)14-15-38)44-31(48)29-18-27(57-32-28-12-11-26(55-6)17-24(28)13-16-43-32)20-46(29)33(49)30(23(2)56-22)47(35(51)52)36(3,4)37(5,41)42/h8,10-13,16-17,22-23,25,27,29-30H,7,9,14-15,18-21H2,1-6H3,(H,44,48)(H,45,50)(H,51,52)/b10-8-/t22-,23+,25-,27-,29+,30+,39-/m1/s1. The second kappa shape index (κ2) is 15.5. The molecular formula is C39H50F3N5O10S. The van der Waals surface area contributed by atoms with E-state index in [4.69, 9.17) is 14.2 Å². The highest BCUT2D eigenvalue weighted by molar-refractivity contribution is 7.91. The average molecular weight is 838 g/mol. The van der Waals surface area contributed by atoms with Crippen molar-refractivity contribution < 1.29 is 60.1 Å². The lowest BCUT2D eigenvalue weighted by Gasteiger charge is -2.47. The molecule has 2 aromatic rings. The van der Waals surface area contributed by atoms with Gasteiger partial charge >= 0.3 is 6.09 Å². The number of ether oxygens (including phenoxy) is 3. The predicted molar refractivity (Wildman–Crippen MR) is 204 cm³/mol. The van der Waals surface area contributed by atoms with Crippen LogP contribution in [0.3, 0.4) is 0 Å². The minimum atomic E-state index is -4.49. The molecule has 2 aliphatic heterocycles. The summed E-state index contributed by atoms with van der Waals surface area (Å²) in [5, 5.41) is 14.5. The highest BCUT2D eigenvalue weighted by Crippen LogP contribution is 2.48. The molecule has 58 heavy (non-hydrogen) atoms. The molecule has 15 nitrogen and oxygen atoms in total. The van der Waals surface area contributed by atoms with Gasteiger partial charge < -0.3 is 29.5 Å². The average Bonchev–Trinajstić information content (AvgIpc) is 4.05. The third-order valence-corrected chi connectivity index (χ3v) is 14.2. The van der Waals surface area contributed by atoms with Crippen LogP contribution in [0.15, 0.2) is 42.6 Å². The number of pyridine rings is 1. The van der Waals surface area contributed by atoms with Crippen LogP contribution in [-0.2, 0) is 29.1 Å². The molecule has 3 fully saturated rings. The maximum Gasteiger partial charge on any atom is 0.408 e. The molecular weight excluding hydrogens is 788 g/mol. The first-order valence-corrected chi connectivity index (χ1v) is 20.7. The predicted octanol–water partition coefficient (Wildman–Crippen LogP) is 4.34. The normalized spacial score (nSPS) is 29.5. The van der Waals surface area contributed by atoms with Crippen molar-refractivity contribution in [2.45, 2.75) is 125 Å². The van der Waals surface area contributed by atoms with Crippen LogP contribution >= 0.6 is 0 Å². The van der Waals surface area contributed by atoms with Crippen molar-refractivity contribution in [2.75, 3.05) is 20.3 Å². The van der Waals surface area contributed by atoms with Gasteiger partial charge in [-0.15, -0.1) is 0 Å². The van der Waals surface area contributed by atoms with Crippen LogP contribution in [0.5, 0.6) is 11.6 Å². The van der Waals surface area contributed by atoms with E-state index in [1.807, 2.05) is 4.72 Å². The smallest absolute Gasteiger partial charge is 0.408 e. The molecule has 2 saturated carbocycles. The molecule has 318 valence electrons. The van der Waals surface area contributed by atoms with Crippen molar-refractivity contribution in [1.29, 1.82) is 0 Å². The van der Waals surface area contributed by atoms with Crippen LogP contribution in [-0.4, -0.2) is 125 Å². The van der Waals surface area contributed by atoms with Gasteiger partial charge in [0.25, 0.3) is 11.8 Å². The summed E-state index contributed by atoms with van der Waals surface area (Å²) in [6.45, 7) is 4.04. The Kier molecular flexibility index (Phi) is 11.5. The summed E-state index contributed by atoms with van der Waals surface area (Å²) in [7, 11) is -2.98. The van der Waals surface area contributed by atoms with Crippen LogP contribution < -0.4 is 19.5 Å². The van der Waals surface area contributed by atoms with Gasteiger partial charge in [0.05, 0.1) is 25.9 Å². The van der Waals surface area contributed by atoms with Crippen molar-refractivity contribution in [1.82, 2.24) is 24.8 Å². The molecule has 1 aromatic heterocycles. The van der Waals surface area contributed by atoms with E-state index in [0.29, 0.717) is 41.2 Å². The monoisotopic (exact) mass is 837 g/mol. The maximum atomic E-state index is 15.3. The number of benzene rings is 1. The number of allylic oxidation sites excluding steroid dienone is 1. The van der Waals surface area contributed by atoms with Crippen molar-refractivity contribution in [3.8, 4) is 11.6 Å². The number of rotatable bonds is 10. The fourth-order valence-corrected chi connectivity index (χ4v) is 9.24. The number of nitrogens with zero attached hydrogens (tertiary/aromatic N) is 3. The lowest BCUT2D eigenvalue weighted by Crippen LogP contribution is -2.68. The van der Waals surface area contributed by atoms with Gasteiger partial charge in [-0.1, -0.05) is 12.2 Å². The number of methoxy groups -OCH3 is 1. The van der Waals surface area contributed by atoms with E-state index in [-0.39, 0.29) is 38.1 Å². The van der Waals surface area contributed by atoms with E-state index in [1.54, 1.807) is 43.3 Å². The molecule has 0 bridgehead atoms. The number of sulfonamides is 1. The van der Waals surface area contributed by atoms with E-state index in [2.05, 4.69) is 10.3 Å². The molecule has 0 radical (unpaired) electrons. The SMILES string of the molecule is COc1ccc2c(O[C@@H]3C[C@H]4C(=O)N[C@]5(C(=O)NS(=O)(=O)C6(CF)CC6)C[C@H]5/C=C\CC[C@@H](C)O[C@@H](C)[C@H](N(C(=O)O)C(C)(C)C(C)(F)F)C(=O)N4C3)nccc2c1. The number of fused-ring (bicyclic) bond motifs is 3.